The molecule has 0 fully saturated rings. The molecule has 0 aliphatic rings. The van der Waals surface area contributed by atoms with E-state index in [1.165, 1.54) is 212 Å². The molecular weight excluding hydrogens is 947 g/mol. The summed E-state index contributed by atoms with van der Waals surface area (Å²) in [6.45, 7) is 4.82. The van der Waals surface area contributed by atoms with Gasteiger partial charge in [0.05, 0.1) is 34.4 Å². The lowest BCUT2D eigenvalue weighted by Crippen LogP contribution is -2.40. The van der Waals surface area contributed by atoms with E-state index in [1.54, 1.807) is 0 Å². The van der Waals surface area contributed by atoms with Crippen molar-refractivity contribution in [3.63, 3.8) is 0 Å². The maximum absolute atomic E-state index is 12.9. The number of aliphatic carboxylic acids is 1. The van der Waals surface area contributed by atoms with E-state index in [1.807, 2.05) is 21.1 Å². The first-order valence-electron chi connectivity index (χ1n) is 32.3. The number of ether oxygens (including phenoxy) is 4. The third kappa shape index (κ3) is 58.9. The molecular formula is C67H124NO8+. The van der Waals surface area contributed by atoms with Gasteiger partial charge in [-0.1, -0.05) is 287 Å². The van der Waals surface area contributed by atoms with E-state index in [4.69, 9.17) is 18.9 Å². The molecule has 0 radical (unpaired) electrons. The molecule has 0 bridgehead atoms. The van der Waals surface area contributed by atoms with Gasteiger partial charge >= 0.3 is 17.9 Å². The Morgan fingerprint density at radius 3 is 1.12 bits per heavy atom. The third-order valence-corrected chi connectivity index (χ3v) is 14.3. The first kappa shape index (κ1) is 73.2. The van der Waals surface area contributed by atoms with E-state index in [9.17, 15) is 19.5 Å². The van der Waals surface area contributed by atoms with Crippen molar-refractivity contribution in [1.29, 1.82) is 0 Å². The van der Waals surface area contributed by atoms with Crippen molar-refractivity contribution >= 4 is 17.9 Å². The quantitative estimate of drug-likeness (QED) is 0.0211. The van der Waals surface area contributed by atoms with Crippen LogP contribution in [0.5, 0.6) is 0 Å². The zero-order valence-electron chi connectivity index (χ0n) is 50.7. The number of unbranched alkanes of at least 4 members (excludes halogenated alkanes) is 37. The molecule has 0 aromatic rings. The highest BCUT2D eigenvalue weighted by Crippen LogP contribution is 2.18. The number of allylic oxidation sites excluding steroid dienone is 8. The van der Waals surface area contributed by atoms with Gasteiger partial charge in [-0.3, -0.25) is 9.59 Å². The second-order valence-electron chi connectivity index (χ2n) is 23.1. The Balaban J connectivity index is 4.14. The highest BCUT2D eigenvalue weighted by molar-refractivity contribution is 5.71. The van der Waals surface area contributed by atoms with Gasteiger partial charge in [-0.2, -0.15) is 0 Å². The number of carboxylic acids is 1. The summed E-state index contributed by atoms with van der Waals surface area (Å²) < 4.78 is 23.0. The van der Waals surface area contributed by atoms with E-state index in [-0.39, 0.29) is 32.2 Å². The minimum Gasteiger partial charge on any atom is -0.477 e. The molecule has 9 nitrogen and oxygen atoms in total. The Bertz CT molecular complexity index is 1380. The Morgan fingerprint density at radius 1 is 0.408 bits per heavy atom. The number of nitrogens with zero attached hydrogens (tertiary/aromatic N) is 1. The lowest BCUT2D eigenvalue weighted by atomic mass is 10.0. The predicted octanol–water partition coefficient (Wildman–Crippen LogP) is 19.4. The molecule has 0 aromatic heterocycles. The average Bonchev–Trinajstić information content (AvgIpc) is 3.39. The summed E-state index contributed by atoms with van der Waals surface area (Å²) in [5, 5.41) is 9.73. The van der Waals surface area contributed by atoms with Crippen LogP contribution in [0, 0.1) is 0 Å². The normalized spacial score (nSPS) is 13.0. The first-order valence-corrected chi connectivity index (χ1v) is 32.3. The van der Waals surface area contributed by atoms with Crippen molar-refractivity contribution in [3.8, 4) is 0 Å². The topological polar surface area (TPSA) is 108 Å². The van der Waals surface area contributed by atoms with Crippen LogP contribution in [-0.4, -0.2) is 87.4 Å². The number of likely N-dealkylation sites (N-methyl/N-ethyl adjacent to an activating group) is 1. The van der Waals surface area contributed by atoms with E-state index >= 15 is 0 Å². The van der Waals surface area contributed by atoms with Crippen LogP contribution in [0.15, 0.2) is 48.6 Å². The molecule has 2 unspecified atom stereocenters. The molecule has 0 aliphatic carbocycles. The number of hydrogen-bond acceptors (Lipinski definition) is 7. The molecule has 0 amide bonds. The van der Waals surface area contributed by atoms with Crippen molar-refractivity contribution in [2.45, 2.75) is 315 Å². The summed E-state index contributed by atoms with van der Waals surface area (Å²) in [7, 11) is 5.98. The maximum Gasteiger partial charge on any atom is 0.361 e. The summed E-state index contributed by atoms with van der Waals surface area (Å²) in [5.74, 6) is -1.98. The molecule has 9 heteroatoms. The maximum atomic E-state index is 12.9. The molecule has 444 valence electrons. The van der Waals surface area contributed by atoms with Crippen LogP contribution in [0.25, 0.3) is 0 Å². The van der Waals surface area contributed by atoms with Gasteiger partial charge in [-0.05, 0) is 51.4 Å². The van der Waals surface area contributed by atoms with E-state index in [0.29, 0.717) is 17.4 Å². The van der Waals surface area contributed by atoms with Crippen LogP contribution in [0.4, 0.5) is 0 Å². The van der Waals surface area contributed by atoms with E-state index < -0.39 is 24.3 Å². The van der Waals surface area contributed by atoms with Crippen LogP contribution < -0.4 is 0 Å². The molecule has 0 aromatic carbocycles. The van der Waals surface area contributed by atoms with Crippen LogP contribution in [0.2, 0.25) is 0 Å². The van der Waals surface area contributed by atoms with Gasteiger partial charge in [0.15, 0.2) is 6.10 Å². The smallest absolute Gasteiger partial charge is 0.361 e. The molecule has 0 saturated heterocycles. The summed E-state index contributed by atoms with van der Waals surface area (Å²) in [4.78, 5) is 37.5. The summed E-state index contributed by atoms with van der Waals surface area (Å²) in [6.07, 6.45) is 70.6. The van der Waals surface area contributed by atoms with Crippen LogP contribution in [-0.2, 0) is 33.3 Å². The summed E-state index contributed by atoms with van der Waals surface area (Å²) in [5.41, 5.74) is 0. The van der Waals surface area contributed by atoms with Gasteiger partial charge in [0, 0.05) is 12.8 Å². The van der Waals surface area contributed by atoms with Gasteiger partial charge in [-0.25, -0.2) is 4.79 Å². The van der Waals surface area contributed by atoms with Crippen molar-refractivity contribution in [1.82, 2.24) is 0 Å². The van der Waals surface area contributed by atoms with E-state index in [0.717, 1.165) is 64.2 Å². The number of rotatable bonds is 60. The average molecular weight is 1070 g/mol. The molecule has 0 heterocycles. The Labute approximate surface area is 470 Å². The number of quaternary nitrogens is 1. The largest absolute Gasteiger partial charge is 0.477 e. The minimum atomic E-state index is -1.51. The fourth-order valence-electron chi connectivity index (χ4n) is 9.42. The van der Waals surface area contributed by atoms with Crippen molar-refractivity contribution in [2.75, 3.05) is 47.5 Å². The van der Waals surface area contributed by atoms with Crippen LogP contribution >= 0.6 is 0 Å². The molecule has 0 saturated carbocycles. The predicted molar refractivity (Wildman–Crippen MR) is 323 cm³/mol. The molecule has 0 spiro atoms. The van der Waals surface area contributed by atoms with Gasteiger partial charge < -0.3 is 28.5 Å². The SMILES string of the molecule is CC/C=C\C/C=C\C/C=C\C/C=C\CCCCCCCCCCCCCCCCC(=O)OC(COC(=O)CCCCCCCCCCCCCCCCCCCCCCCCCC)COC(OCC[N+](C)(C)C)C(=O)O. The second kappa shape index (κ2) is 58.4. The number of carbonyl (C=O) groups excluding carboxylic acids is 2. The van der Waals surface area contributed by atoms with Gasteiger partial charge in [0.25, 0.3) is 6.29 Å². The number of carbonyl (C=O) groups is 3. The molecule has 1 N–H and O–H groups in total. The fraction of sp³-hybridized carbons (Fsp3) is 0.836. The van der Waals surface area contributed by atoms with Crippen molar-refractivity contribution in [3.05, 3.63) is 48.6 Å². The summed E-state index contributed by atoms with van der Waals surface area (Å²) in [6, 6.07) is 0. The van der Waals surface area contributed by atoms with Crippen LogP contribution in [0.3, 0.4) is 0 Å². The monoisotopic (exact) mass is 1070 g/mol. The molecule has 76 heavy (non-hydrogen) atoms. The zero-order chi connectivity index (χ0) is 55.5. The van der Waals surface area contributed by atoms with E-state index in [2.05, 4.69) is 62.5 Å². The highest BCUT2D eigenvalue weighted by atomic mass is 16.7. The fourth-order valence-corrected chi connectivity index (χ4v) is 9.42. The summed E-state index contributed by atoms with van der Waals surface area (Å²) >= 11 is 0. The van der Waals surface area contributed by atoms with Crippen LogP contribution in [0.1, 0.15) is 303 Å². The van der Waals surface area contributed by atoms with Gasteiger partial charge in [0.1, 0.15) is 13.2 Å². The molecule has 0 rings (SSSR count). The minimum absolute atomic E-state index is 0.178. The number of carboxylic acid groups (broad SMARTS) is 1. The van der Waals surface area contributed by atoms with Gasteiger partial charge in [0.2, 0.25) is 0 Å². The molecule has 0 aliphatic heterocycles. The Hall–Kier alpha value is -2.75. The lowest BCUT2D eigenvalue weighted by Gasteiger charge is -2.25. The molecule has 2 atom stereocenters. The zero-order valence-corrected chi connectivity index (χ0v) is 50.7. The van der Waals surface area contributed by atoms with Gasteiger partial charge in [-0.15, -0.1) is 0 Å². The number of hydrogen-bond donors (Lipinski definition) is 1. The highest BCUT2D eigenvalue weighted by Gasteiger charge is 2.25. The number of esters is 2. The standard InChI is InChI=1S/C67H123NO8/c1-6-8-10-12-14-16-18-20-22-24-26-28-30-32-33-34-36-38-40-42-44-46-48-50-52-54-56-58-65(70)76-63(62-75-67(66(71)72)73-60-59-68(3,4)5)61-74-64(69)57-55-53-51-49-47-45-43-41-39-37-35-31-29-27-25-23-21-19-17-15-13-11-9-7-2/h8,10,14,16,20,22,26,28,63,67H,6-7,9,11-13,15,17-19,21,23-25,27,29-62H2,1-5H3/p+1/b10-8-,16-14-,22-20-,28-26-. The Morgan fingerprint density at radius 2 is 0.750 bits per heavy atom. The Kier molecular flexibility index (Phi) is 56.3. The third-order valence-electron chi connectivity index (χ3n) is 14.3. The second-order valence-corrected chi connectivity index (χ2v) is 23.1. The lowest BCUT2D eigenvalue weighted by molar-refractivity contribution is -0.870. The first-order chi connectivity index (χ1) is 37.1. The van der Waals surface area contributed by atoms with Crippen molar-refractivity contribution in [2.24, 2.45) is 0 Å². The van der Waals surface area contributed by atoms with Crippen molar-refractivity contribution < 1.29 is 42.9 Å².